The van der Waals surface area contributed by atoms with Gasteiger partial charge in [-0.25, -0.2) is 0 Å². The lowest BCUT2D eigenvalue weighted by Gasteiger charge is -2.20. The number of rotatable bonds is 3. The number of nitriles is 1. The Morgan fingerprint density at radius 1 is 1.33 bits per heavy atom. The molecule has 0 saturated heterocycles. The van der Waals surface area contributed by atoms with Crippen molar-refractivity contribution in [3.8, 4) is 17.6 Å². The lowest BCUT2D eigenvalue weighted by Crippen LogP contribution is -2.20. The number of nitro groups is 1. The molecule has 2 N–H and O–H groups in total. The van der Waals surface area contributed by atoms with Crippen LogP contribution in [0.2, 0.25) is 0 Å². The predicted molar refractivity (Wildman–Crippen MR) is 72.0 cm³/mol. The Kier molecular flexibility index (Phi) is 4.08. The van der Waals surface area contributed by atoms with Gasteiger partial charge < -0.3 is 10.2 Å². The Hall–Kier alpha value is -2.62. The van der Waals surface area contributed by atoms with E-state index in [0.717, 1.165) is 25.3 Å². The molecule has 1 aromatic rings. The smallest absolute Gasteiger partial charge is 0.326 e. The summed E-state index contributed by atoms with van der Waals surface area (Å²) in [6.45, 7) is 0. The molecule has 1 aliphatic carbocycles. The SMILES string of the molecule is N#Cc1cc(O)c(O)c([N+](=O)[O-])c1C(=O)C1CCCCC1. The fraction of sp³-hybridized carbons (Fsp3) is 0.429. The highest BCUT2D eigenvalue weighted by Crippen LogP contribution is 2.42. The molecule has 0 aliphatic heterocycles. The van der Waals surface area contributed by atoms with Gasteiger partial charge in [-0.1, -0.05) is 19.3 Å². The van der Waals surface area contributed by atoms with Crippen molar-refractivity contribution >= 4 is 11.5 Å². The lowest BCUT2D eigenvalue weighted by atomic mass is 9.82. The molecule has 110 valence electrons. The van der Waals surface area contributed by atoms with Gasteiger partial charge in [0.2, 0.25) is 5.75 Å². The molecule has 1 saturated carbocycles. The number of hydrogen-bond acceptors (Lipinski definition) is 6. The van der Waals surface area contributed by atoms with E-state index in [4.69, 9.17) is 5.26 Å². The number of carbonyl (C=O) groups is 1. The fourth-order valence-electron chi connectivity index (χ4n) is 2.73. The summed E-state index contributed by atoms with van der Waals surface area (Å²) in [4.78, 5) is 22.7. The molecule has 1 fully saturated rings. The molecule has 0 bridgehead atoms. The van der Waals surface area contributed by atoms with E-state index in [1.807, 2.05) is 0 Å². The average molecular weight is 290 g/mol. The molecule has 21 heavy (non-hydrogen) atoms. The third-order valence-electron chi connectivity index (χ3n) is 3.78. The quantitative estimate of drug-likeness (QED) is 0.381. The molecule has 0 atom stereocenters. The summed E-state index contributed by atoms with van der Waals surface area (Å²) in [6.07, 6.45) is 3.95. The van der Waals surface area contributed by atoms with E-state index in [1.54, 1.807) is 6.07 Å². The van der Waals surface area contributed by atoms with Crippen LogP contribution in [0, 0.1) is 27.4 Å². The van der Waals surface area contributed by atoms with Crippen molar-refractivity contribution in [2.24, 2.45) is 5.92 Å². The van der Waals surface area contributed by atoms with Crippen molar-refractivity contribution in [2.45, 2.75) is 32.1 Å². The van der Waals surface area contributed by atoms with Crippen LogP contribution in [0.15, 0.2) is 6.07 Å². The molecule has 7 heteroatoms. The van der Waals surface area contributed by atoms with Crippen molar-refractivity contribution < 1.29 is 19.9 Å². The van der Waals surface area contributed by atoms with Gasteiger partial charge in [-0.3, -0.25) is 14.9 Å². The highest BCUT2D eigenvalue weighted by atomic mass is 16.6. The second-order valence-corrected chi connectivity index (χ2v) is 5.08. The van der Waals surface area contributed by atoms with E-state index in [1.165, 1.54) is 0 Å². The van der Waals surface area contributed by atoms with Gasteiger partial charge in [0, 0.05) is 12.0 Å². The van der Waals surface area contributed by atoms with E-state index in [2.05, 4.69) is 0 Å². The summed E-state index contributed by atoms with van der Waals surface area (Å²) in [5, 5.41) is 39.3. The summed E-state index contributed by atoms with van der Waals surface area (Å²) in [5.41, 5.74) is -1.57. The number of aromatic hydroxyl groups is 2. The van der Waals surface area contributed by atoms with Crippen LogP contribution in [0.4, 0.5) is 5.69 Å². The van der Waals surface area contributed by atoms with Crippen LogP contribution in [0.3, 0.4) is 0 Å². The number of phenolic OH excluding ortho intramolecular Hbond substituents is 2. The maximum Gasteiger partial charge on any atom is 0.326 e. The zero-order chi connectivity index (χ0) is 15.6. The van der Waals surface area contributed by atoms with Gasteiger partial charge in [-0.2, -0.15) is 5.26 Å². The molecule has 0 spiro atoms. The van der Waals surface area contributed by atoms with Crippen molar-refractivity contribution in [2.75, 3.05) is 0 Å². The van der Waals surface area contributed by atoms with Crippen LogP contribution in [-0.4, -0.2) is 20.9 Å². The van der Waals surface area contributed by atoms with E-state index in [0.29, 0.717) is 12.8 Å². The van der Waals surface area contributed by atoms with Crippen molar-refractivity contribution in [3.63, 3.8) is 0 Å². The van der Waals surface area contributed by atoms with Crippen molar-refractivity contribution in [3.05, 3.63) is 27.3 Å². The lowest BCUT2D eigenvalue weighted by molar-refractivity contribution is -0.386. The molecule has 7 nitrogen and oxygen atoms in total. The minimum atomic E-state index is -0.974. The number of hydrogen-bond donors (Lipinski definition) is 2. The second-order valence-electron chi connectivity index (χ2n) is 5.08. The first-order valence-electron chi connectivity index (χ1n) is 6.65. The summed E-state index contributed by atoms with van der Waals surface area (Å²) in [7, 11) is 0. The zero-order valence-corrected chi connectivity index (χ0v) is 11.2. The van der Waals surface area contributed by atoms with Gasteiger partial charge >= 0.3 is 5.69 Å². The van der Waals surface area contributed by atoms with Crippen molar-refractivity contribution in [1.82, 2.24) is 0 Å². The Balaban J connectivity index is 2.60. The van der Waals surface area contributed by atoms with Gasteiger partial charge in [0.25, 0.3) is 0 Å². The van der Waals surface area contributed by atoms with Gasteiger partial charge in [-0.15, -0.1) is 0 Å². The summed E-state index contributed by atoms with van der Waals surface area (Å²) in [6, 6.07) is 2.57. The first-order chi connectivity index (χ1) is 9.97. The number of nitro benzene ring substituents is 1. The minimum Gasteiger partial charge on any atom is -0.504 e. The molecular formula is C14H14N2O5. The molecule has 1 aromatic carbocycles. The molecule has 0 heterocycles. The number of ketones is 1. The van der Waals surface area contributed by atoms with Crippen molar-refractivity contribution in [1.29, 1.82) is 5.26 Å². The standard InChI is InChI=1S/C14H14N2O5/c15-7-9-6-10(17)14(19)12(16(20)21)11(9)13(18)8-4-2-1-3-5-8/h6,8,17,19H,1-5H2. The number of carbonyl (C=O) groups excluding carboxylic acids is 1. The largest absolute Gasteiger partial charge is 0.504 e. The number of nitrogens with zero attached hydrogens (tertiary/aromatic N) is 2. The van der Waals surface area contributed by atoms with Crippen LogP contribution >= 0.6 is 0 Å². The van der Waals surface area contributed by atoms with Crippen LogP contribution in [0.1, 0.15) is 48.0 Å². The second kappa shape index (κ2) is 5.79. The number of benzene rings is 1. The Morgan fingerprint density at radius 3 is 2.48 bits per heavy atom. The van der Waals surface area contributed by atoms with Crippen LogP contribution in [0.5, 0.6) is 11.5 Å². The monoisotopic (exact) mass is 290 g/mol. The maximum atomic E-state index is 12.5. The van der Waals surface area contributed by atoms with E-state index in [9.17, 15) is 25.1 Å². The average Bonchev–Trinajstić information content (AvgIpc) is 2.49. The summed E-state index contributed by atoms with van der Waals surface area (Å²) >= 11 is 0. The molecule has 0 radical (unpaired) electrons. The molecule has 0 amide bonds. The van der Waals surface area contributed by atoms with Gasteiger partial charge in [0.05, 0.1) is 10.5 Å². The topological polar surface area (TPSA) is 124 Å². The van der Waals surface area contributed by atoms with Gasteiger partial charge in [-0.05, 0) is 12.8 Å². The highest BCUT2D eigenvalue weighted by Gasteiger charge is 2.35. The summed E-state index contributed by atoms with van der Waals surface area (Å²) in [5.74, 6) is -2.64. The molecule has 2 rings (SSSR count). The van der Waals surface area contributed by atoms with Gasteiger partial charge in [0.1, 0.15) is 11.6 Å². The van der Waals surface area contributed by atoms with E-state index >= 15 is 0 Å². The Morgan fingerprint density at radius 2 is 1.95 bits per heavy atom. The maximum absolute atomic E-state index is 12.5. The molecular weight excluding hydrogens is 276 g/mol. The first kappa shape index (κ1) is 14.8. The minimum absolute atomic E-state index is 0.285. The molecule has 1 aliphatic rings. The predicted octanol–water partition coefficient (Wildman–Crippen LogP) is 2.64. The molecule has 0 unspecified atom stereocenters. The van der Waals surface area contributed by atoms with Crippen LogP contribution in [0.25, 0.3) is 0 Å². The Bertz CT molecular complexity index is 642. The Labute approximate surface area is 120 Å². The van der Waals surface area contributed by atoms with E-state index < -0.39 is 33.5 Å². The molecule has 0 aromatic heterocycles. The van der Waals surface area contributed by atoms with Crippen LogP contribution in [-0.2, 0) is 0 Å². The number of Topliss-reactive ketones (excluding diaryl/α,β-unsaturated/α-hetero) is 1. The fourth-order valence-corrected chi connectivity index (χ4v) is 2.73. The number of phenols is 2. The van der Waals surface area contributed by atoms with Crippen LogP contribution < -0.4 is 0 Å². The van der Waals surface area contributed by atoms with Gasteiger partial charge in [0.15, 0.2) is 11.5 Å². The first-order valence-corrected chi connectivity index (χ1v) is 6.65. The summed E-state index contributed by atoms with van der Waals surface area (Å²) < 4.78 is 0. The normalized spacial score (nSPS) is 15.4. The zero-order valence-electron chi connectivity index (χ0n) is 11.2. The third-order valence-corrected chi connectivity index (χ3v) is 3.78. The van der Waals surface area contributed by atoms with E-state index in [-0.39, 0.29) is 11.5 Å². The third kappa shape index (κ3) is 2.65. The highest BCUT2D eigenvalue weighted by molar-refractivity contribution is 6.05.